The Bertz CT molecular complexity index is 918. The number of anilines is 2. The number of rotatable bonds is 5. The van der Waals surface area contributed by atoms with Crippen LogP contribution in [-0.4, -0.2) is 22.9 Å². The summed E-state index contributed by atoms with van der Waals surface area (Å²) in [4.78, 5) is 22.7. The van der Waals surface area contributed by atoms with Gasteiger partial charge in [0, 0.05) is 24.7 Å². The van der Waals surface area contributed by atoms with Gasteiger partial charge in [0.2, 0.25) is 0 Å². The highest BCUT2D eigenvalue weighted by atomic mass is 35.5. The van der Waals surface area contributed by atoms with Crippen molar-refractivity contribution in [1.82, 2.24) is 9.97 Å². The van der Waals surface area contributed by atoms with Gasteiger partial charge in [-0.3, -0.25) is 4.79 Å². The van der Waals surface area contributed by atoms with Crippen LogP contribution in [0.4, 0.5) is 11.5 Å². The molecule has 0 aliphatic rings. The van der Waals surface area contributed by atoms with Gasteiger partial charge in [-0.15, -0.1) is 0 Å². The van der Waals surface area contributed by atoms with E-state index in [-0.39, 0.29) is 11.6 Å². The molecule has 0 aliphatic heterocycles. The number of carbonyl (C=O) groups excluding carboxylic acids is 1. The van der Waals surface area contributed by atoms with Crippen molar-refractivity contribution in [2.75, 3.05) is 17.3 Å². The van der Waals surface area contributed by atoms with Gasteiger partial charge in [-0.2, -0.15) is 0 Å². The number of amides is 1. The maximum atomic E-state index is 12.5. The van der Waals surface area contributed by atoms with Crippen LogP contribution in [0, 0.1) is 0 Å². The van der Waals surface area contributed by atoms with Gasteiger partial charge >= 0.3 is 0 Å². The molecular formula is C19H16Cl2N4O. The summed E-state index contributed by atoms with van der Waals surface area (Å²) < 4.78 is 0. The third-order valence-corrected chi connectivity index (χ3v) is 4.27. The molecule has 1 heterocycles. The number of carbonyl (C=O) groups is 1. The van der Waals surface area contributed by atoms with Crippen LogP contribution in [0.2, 0.25) is 10.0 Å². The molecule has 0 fully saturated rings. The van der Waals surface area contributed by atoms with Crippen LogP contribution in [0.25, 0.3) is 0 Å². The van der Waals surface area contributed by atoms with Gasteiger partial charge in [-0.25, -0.2) is 9.97 Å². The zero-order valence-electron chi connectivity index (χ0n) is 14.0. The molecule has 1 amide bonds. The average Bonchev–Trinajstić information content (AvgIpc) is 2.65. The minimum atomic E-state index is -0.369. The normalized spacial score (nSPS) is 10.4. The third-order valence-electron chi connectivity index (χ3n) is 3.72. The molecule has 1 aromatic heterocycles. The van der Waals surface area contributed by atoms with Crippen molar-refractivity contribution in [2.24, 2.45) is 0 Å². The second-order valence-electron chi connectivity index (χ2n) is 5.68. The highest BCUT2D eigenvalue weighted by Crippen LogP contribution is 2.25. The summed E-state index contributed by atoms with van der Waals surface area (Å²) >= 11 is 12.0. The van der Waals surface area contributed by atoms with Crippen LogP contribution in [-0.2, 0) is 6.54 Å². The second-order valence-corrected chi connectivity index (χ2v) is 6.53. The number of halogens is 2. The Balaban J connectivity index is 1.74. The predicted octanol–water partition coefficient (Wildman–Crippen LogP) is 4.67. The van der Waals surface area contributed by atoms with E-state index in [1.54, 1.807) is 24.3 Å². The summed E-state index contributed by atoms with van der Waals surface area (Å²) in [7, 11) is 1.91. The average molecular weight is 387 g/mol. The van der Waals surface area contributed by atoms with Crippen molar-refractivity contribution in [3.05, 3.63) is 82.2 Å². The van der Waals surface area contributed by atoms with Crippen molar-refractivity contribution >= 4 is 40.6 Å². The quantitative estimate of drug-likeness (QED) is 0.691. The van der Waals surface area contributed by atoms with Crippen LogP contribution < -0.4 is 10.2 Å². The van der Waals surface area contributed by atoms with Gasteiger partial charge in [0.05, 0.1) is 10.7 Å². The summed E-state index contributed by atoms with van der Waals surface area (Å²) in [6, 6.07) is 16.5. The Morgan fingerprint density at radius 2 is 1.85 bits per heavy atom. The van der Waals surface area contributed by atoms with Crippen LogP contribution in [0.3, 0.4) is 0 Å². The lowest BCUT2D eigenvalue weighted by Crippen LogP contribution is -2.20. The van der Waals surface area contributed by atoms with E-state index >= 15 is 0 Å². The Kier molecular flexibility index (Phi) is 5.71. The second kappa shape index (κ2) is 8.17. The van der Waals surface area contributed by atoms with Crippen molar-refractivity contribution in [2.45, 2.75) is 6.54 Å². The molecule has 2 aromatic carbocycles. The lowest BCUT2D eigenvalue weighted by molar-refractivity contribution is 0.102. The summed E-state index contributed by atoms with van der Waals surface area (Å²) in [5.74, 6) is 0.280. The summed E-state index contributed by atoms with van der Waals surface area (Å²) in [6.45, 7) is 0.669. The molecule has 0 atom stereocenters. The largest absolute Gasteiger partial charge is 0.355 e. The Morgan fingerprint density at radius 3 is 2.58 bits per heavy atom. The van der Waals surface area contributed by atoms with E-state index in [1.807, 2.05) is 42.3 Å². The van der Waals surface area contributed by atoms with Gasteiger partial charge in [0.25, 0.3) is 5.91 Å². The number of benzene rings is 2. The van der Waals surface area contributed by atoms with Crippen molar-refractivity contribution in [3.8, 4) is 0 Å². The monoisotopic (exact) mass is 386 g/mol. The molecule has 0 bridgehead atoms. The fourth-order valence-corrected chi connectivity index (χ4v) is 2.85. The van der Waals surface area contributed by atoms with E-state index in [0.717, 1.165) is 5.56 Å². The third kappa shape index (κ3) is 4.50. The molecule has 5 nitrogen and oxygen atoms in total. The highest BCUT2D eigenvalue weighted by Gasteiger charge is 2.13. The molecule has 0 aliphatic carbocycles. The summed E-state index contributed by atoms with van der Waals surface area (Å²) in [5.41, 5.74) is 1.87. The van der Waals surface area contributed by atoms with Crippen LogP contribution >= 0.6 is 23.2 Å². The van der Waals surface area contributed by atoms with E-state index in [9.17, 15) is 4.79 Å². The fraction of sp³-hybridized carbons (Fsp3) is 0.105. The van der Waals surface area contributed by atoms with Gasteiger partial charge in [0.1, 0.15) is 17.8 Å². The zero-order valence-corrected chi connectivity index (χ0v) is 15.5. The Labute approximate surface area is 161 Å². The Morgan fingerprint density at radius 1 is 1.08 bits per heavy atom. The number of nitrogens with zero attached hydrogens (tertiary/aromatic N) is 3. The minimum absolute atomic E-state index is 0.251. The van der Waals surface area contributed by atoms with Crippen LogP contribution in [0.5, 0.6) is 0 Å². The number of nitrogens with one attached hydrogen (secondary N) is 1. The maximum absolute atomic E-state index is 12.5. The highest BCUT2D eigenvalue weighted by molar-refractivity contribution is 6.36. The van der Waals surface area contributed by atoms with Gasteiger partial charge in [-0.05, 0) is 23.8 Å². The first-order valence-electron chi connectivity index (χ1n) is 7.86. The molecule has 0 saturated heterocycles. The number of aromatic nitrogens is 2. The first-order chi connectivity index (χ1) is 12.5. The smallest absolute Gasteiger partial charge is 0.274 e. The molecule has 0 radical (unpaired) electrons. The van der Waals surface area contributed by atoms with Crippen molar-refractivity contribution < 1.29 is 4.79 Å². The molecule has 0 spiro atoms. The van der Waals surface area contributed by atoms with E-state index in [4.69, 9.17) is 23.2 Å². The molecular weight excluding hydrogens is 371 g/mol. The zero-order chi connectivity index (χ0) is 18.5. The van der Waals surface area contributed by atoms with E-state index in [0.29, 0.717) is 28.1 Å². The number of hydrogen-bond acceptors (Lipinski definition) is 4. The molecule has 0 unspecified atom stereocenters. The standard InChI is InChI=1S/C19H16Cl2N4O/c1-25(11-13-5-3-2-4-6-13)18-10-17(22-12-23-18)19(26)24-16-8-7-14(20)9-15(16)21/h2-10,12H,11H2,1H3,(H,24,26). The van der Waals surface area contributed by atoms with E-state index in [2.05, 4.69) is 15.3 Å². The predicted molar refractivity (Wildman–Crippen MR) is 105 cm³/mol. The first-order valence-corrected chi connectivity index (χ1v) is 8.62. The summed E-state index contributed by atoms with van der Waals surface area (Å²) in [6.07, 6.45) is 1.37. The molecule has 26 heavy (non-hydrogen) atoms. The minimum Gasteiger partial charge on any atom is -0.355 e. The van der Waals surface area contributed by atoms with Crippen LogP contribution in [0.1, 0.15) is 16.1 Å². The Hall–Kier alpha value is -2.63. The first kappa shape index (κ1) is 18.2. The molecule has 0 saturated carbocycles. The lowest BCUT2D eigenvalue weighted by Gasteiger charge is -2.18. The summed E-state index contributed by atoms with van der Waals surface area (Å²) in [5, 5.41) is 3.59. The van der Waals surface area contributed by atoms with Crippen molar-refractivity contribution in [1.29, 1.82) is 0 Å². The molecule has 1 N–H and O–H groups in total. The van der Waals surface area contributed by atoms with Gasteiger partial charge in [-0.1, -0.05) is 53.5 Å². The fourth-order valence-electron chi connectivity index (χ4n) is 2.40. The SMILES string of the molecule is CN(Cc1ccccc1)c1cc(C(=O)Nc2ccc(Cl)cc2Cl)ncn1. The van der Waals surface area contributed by atoms with Gasteiger partial charge < -0.3 is 10.2 Å². The van der Waals surface area contributed by atoms with Crippen molar-refractivity contribution in [3.63, 3.8) is 0 Å². The van der Waals surface area contributed by atoms with Crippen LogP contribution in [0.15, 0.2) is 60.9 Å². The number of hydrogen-bond donors (Lipinski definition) is 1. The molecule has 3 rings (SSSR count). The molecule has 7 heteroatoms. The topological polar surface area (TPSA) is 58.1 Å². The van der Waals surface area contributed by atoms with Gasteiger partial charge in [0.15, 0.2) is 0 Å². The van der Waals surface area contributed by atoms with E-state index < -0.39 is 0 Å². The molecule has 132 valence electrons. The van der Waals surface area contributed by atoms with E-state index in [1.165, 1.54) is 6.33 Å². The molecule has 3 aromatic rings. The maximum Gasteiger partial charge on any atom is 0.274 e. The lowest BCUT2D eigenvalue weighted by atomic mass is 10.2.